The van der Waals surface area contributed by atoms with Crippen LogP contribution in [-0.2, 0) is 0 Å². The van der Waals surface area contributed by atoms with E-state index in [1.54, 1.807) is 36.8 Å². The van der Waals surface area contributed by atoms with Crippen LogP contribution in [-0.4, -0.2) is 29.2 Å². The first-order valence-corrected chi connectivity index (χ1v) is 8.02. The fourth-order valence-electron chi connectivity index (χ4n) is 2.41. The molecule has 1 amide bonds. The van der Waals surface area contributed by atoms with Gasteiger partial charge in [-0.2, -0.15) is 0 Å². The molecule has 1 heterocycles. The molecule has 3 aromatic rings. The Labute approximate surface area is 151 Å². The average molecular weight is 349 g/mol. The highest BCUT2D eigenvalue weighted by molar-refractivity contribution is 6.04. The molecule has 6 nitrogen and oxygen atoms in total. The molecule has 0 aliphatic rings. The second-order valence-electron chi connectivity index (χ2n) is 5.44. The number of anilines is 1. The van der Waals surface area contributed by atoms with Crippen molar-refractivity contribution >= 4 is 11.6 Å². The summed E-state index contributed by atoms with van der Waals surface area (Å²) in [5, 5.41) is 2.87. The zero-order valence-electron chi connectivity index (χ0n) is 14.4. The first-order valence-electron chi connectivity index (χ1n) is 8.02. The smallest absolute Gasteiger partial charge is 0.255 e. The molecule has 0 unspecified atom stereocenters. The zero-order chi connectivity index (χ0) is 18.4. The van der Waals surface area contributed by atoms with Gasteiger partial charge in [-0.05, 0) is 42.5 Å². The van der Waals surface area contributed by atoms with Gasteiger partial charge in [0.05, 0.1) is 13.4 Å². The van der Waals surface area contributed by atoms with E-state index in [1.807, 2.05) is 35.0 Å². The molecule has 0 fully saturated rings. The number of carbonyl (C=O) groups excluding carboxylic acids is 1. The van der Waals surface area contributed by atoms with Crippen LogP contribution >= 0.6 is 0 Å². The van der Waals surface area contributed by atoms with Crippen molar-refractivity contribution < 1.29 is 14.3 Å². The molecule has 3 rings (SSSR count). The average Bonchev–Trinajstić information content (AvgIpc) is 3.21. The van der Waals surface area contributed by atoms with Crippen LogP contribution in [0, 0.1) is 0 Å². The van der Waals surface area contributed by atoms with E-state index >= 15 is 0 Å². The number of hydrogen-bond donors (Lipinski definition) is 1. The van der Waals surface area contributed by atoms with Gasteiger partial charge in [-0.1, -0.05) is 12.7 Å². The summed E-state index contributed by atoms with van der Waals surface area (Å²) in [6.07, 6.45) is 6.94. The molecule has 0 atom stereocenters. The van der Waals surface area contributed by atoms with Crippen LogP contribution in [0.2, 0.25) is 0 Å². The Morgan fingerprint density at radius 2 is 2.04 bits per heavy atom. The minimum absolute atomic E-state index is 0.228. The van der Waals surface area contributed by atoms with Crippen LogP contribution < -0.4 is 14.8 Å². The highest BCUT2D eigenvalue weighted by Gasteiger charge is 2.11. The minimum Gasteiger partial charge on any atom is -0.493 e. The maximum Gasteiger partial charge on any atom is 0.255 e. The molecule has 6 heteroatoms. The van der Waals surface area contributed by atoms with Gasteiger partial charge >= 0.3 is 0 Å². The monoisotopic (exact) mass is 349 g/mol. The fourth-order valence-corrected chi connectivity index (χ4v) is 2.41. The Morgan fingerprint density at radius 1 is 1.23 bits per heavy atom. The molecular formula is C20H19N3O3. The molecule has 132 valence electrons. The van der Waals surface area contributed by atoms with Crippen molar-refractivity contribution in [1.29, 1.82) is 0 Å². The number of imidazole rings is 1. The highest BCUT2D eigenvalue weighted by Crippen LogP contribution is 2.28. The van der Waals surface area contributed by atoms with E-state index in [4.69, 9.17) is 9.47 Å². The van der Waals surface area contributed by atoms with E-state index in [0.29, 0.717) is 29.4 Å². The maximum absolute atomic E-state index is 12.5. The minimum atomic E-state index is -0.228. The van der Waals surface area contributed by atoms with Crippen molar-refractivity contribution in [2.75, 3.05) is 19.0 Å². The molecule has 1 N–H and O–H groups in total. The standard InChI is InChI=1S/C20H19N3O3/c1-3-12-26-18-9-4-15(13-19(18)25-2)20(24)22-16-5-7-17(8-6-16)23-11-10-21-14-23/h3-11,13-14H,1,12H2,2H3,(H,22,24). The van der Waals surface area contributed by atoms with Crippen LogP contribution in [0.15, 0.2) is 73.8 Å². The summed E-state index contributed by atoms with van der Waals surface area (Å²) >= 11 is 0. The summed E-state index contributed by atoms with van der Waals surface area (Å²) in [7, 11) is 1.53. The molecule has 0 spiro atoms. The van der Waals surface area contributed by atoms with E-state index in [9.17, 15) is 4.79 Å². The first-order chi connectivity index (χ1) is 12.7. The van der Waals surface area contributed by atoms with E-state index < -0.39 is 0 Å². The molecule has 0 bridgehead atoms. The third-order valence-electron chi connectivity index (χ3n) is 3.71. The van der Waals surface area contributed by atoms with Crippen LogP contribution in [0.5, 0.6) is 11.5 Å². The van der Waals surface area contributed by atoms with Gasteiger partial charge in [-0.3, -0.25) is 4.79 Å². The summed E-state index contributed by atoms with van der Waals surface area (Å²) in [5.74, 6) is 0.831. The van der Waals surface area contributed by atoms with Gasteiger partial charge in [-0.15, -0.1) is 0 Å². The normalized spacial score (nSPS) is 10.2. The summed E-state index contributed by atoms with van der Waals surface area (Å²) < 4.78 is 12.7. The number of benzene rings is 2. The highest BCUT2D eigenvalue weighted by atomic mass is 16.5. The third-order valence-corrected chi connectivity index (χ3v) is 3.71. The van der Waals surface area contributed by atoms with Crippen LogP contribution in [0.1, 0.15) is 10.4 Å². The van der Waals surface area contributed by atoms with Gasteiger partial charge in [-0.25, -0.2) is 4.98 Å². The Kier molecular flexibility index (Phi) is 5.34. The molecule has 0 aliphatic heterocycles. The number of hydrogen-bond acceptors (Lipinski definition) is 4. The summed E-state index contributed by atoms with van der Waals surface area (Å²) in [6.45, 7) is 3.98. The first kappa shape index (κ1) is 17.3. The van der Waals surface area contributed by atoms with Crippen LogP contribution in [0.25, 0.3) is 5.69 Å². The van der Waals surface area contributed by atoms with Gasteiger partial charge in [0.15, 0.2) is 11.5 Å². The summed E-state index contributed by atoms with van der Waals surface area (Å²) in [4.78, 5) is 16.5. The second kappa shape index (κ2) is 8.02. The van der Waals surface area contributed by atoms with Crippen molar-refractivity contribution in [3.8, 4) is 17.2 Å². The van der Waals surface area contributed by atoms with Gasteiger partial charge in [0.25, 0.3) is 5.91 Å². The van der Waals surface area contributed by atoms with E-state index in [2.05, 4.69) is 16.9 Å². The van der Waals surface area contributed by atoms with E-state index in [-0.39, 0.29) is 5.91 Å². The lowest BCUT2D eigenvalue weighted by molar-refractivity contribution is 0.102. The molecule has 26 heavy (non-hydrogen) atoms. The summed E-state index contributed by atoms with van der Waals surface area (Å²) in [6, 6.07) is 12.5. The molecule has 0 saturated heterocycles. The molecule has 2 aromatic carbocycles. The lowest BCUT2D eigenvalue weighted by Crippen LogP contribution is -2.12. The Morgan fingerprint density at radius 3 is 2.69 bits per heavy atom. The quantitative estimate of drug-likeness (QED) is 0.661. The van der Waals surface area contributed by atoms with Crippen LogP contribution in [0.4, 0.5) is 5.69 Å². The molecule has 0 aliphatic carbocycles. The largest absolute Gasteiger partial charge is 0.493 e. The number of carbonyl (C=O) groups is 1. The molecular weight excluding hydrogens is 330 g/mol. The second-order valence-corrected chi connectivity index (χ2v) is 5.44. The van der Waals surface area contributed by atoms with Crippen molar-refractivity contribution in [2.45, 2.75) is 0 Å². The van der Waals surface area contributed by atoms with Crippen molar-refractivity contribution in [3.63, 3.8) is 0 Å². The third kappa shape index (κ3) is 3.92. The maximum atomic E-state index is 12.5. The van der Waals surface area contributed by atoms with Crippen LogP contribution in [0.3, 0.4) is 0 Å². The van der Waals surface area contributed by atoms with Gasteiger partial charge in [0.1, 0.15) is 6.61 Å². The Balaban J connectivity index is 1.72. The zero-order valence-corrected chi connectivity index (χ0v) is 14.4. The lowest BCUT2D eigenvalue weighted by atomic mass is 10.1. The SMILES string of the molecule is C=CCOc1ccc(C(=O)Nc2ccc(-n3ccnc3)cc2)cc1OC. The molecule has 0 saturated carbocycles. The number of methoxy groups -OCH3 is 1. The predicted molar refractivity (Wildman–Crippen MR) is 100 cm³/mol. The number of amides is 1. The van der Waals surface area contributed by atoms with E-state index in [1.165, 1.54) is 7.11 Å². The van der Waals surface area contributed by atoms with Crippen molar-refractivity contribution in [1.82, 2.24) is 9.55 Å². The van der Waals surface area contributed by atoms with Crippen molar-refractivity contribution in [3.05, 3.63) is 79.4 Å². The van der Waals surface area contributed by atoms with Gasteiger partial charge < -0.3 is 19.4 Å². The predicted octanol–water partition coefficient (Wildman–Crippen LogP) is 3.70. The number of aromatic nitrogens is 2. The van der Waals surface area contributed by atoms with Crippen molar-refractivity contribution in [2.24, 2.45) is 0 Å². The number of nitrogens with zero attached hydrogens (tertiary/aromatic N) is 2. The Hall–Kier alpha value is -3.54. The number of ether oxygens (including phenoxy) is 2. The van der Waals surface area contributed by atoms with E-state index in [0.717, 1.165) is 5.69 Å². The topological polar surface area (TPSA) is 65.4 Å². The fraction of sp³-hybridized carbons (Fsp3) is 0.100. The van der Waals surface area contributed by atoms with Gasteiger partial charge in [0.2, 0.25) is 0 Å². The number of nitrogens with one attached hydrogen (secondary N) is 1. The lowest BCUT2D eigenvalue weighted by Gasteiger charge is -2.11. The molecule has 0 radical (unpaired) electrons. The number of rotatable bonds is 7. The summed E-state index contributed by atoms with van der Waals surface area (Å²) in [5.41, 5.74) is 2.14. The van der Waals surface area contributed by atoms with Gasteiger partial charge in [0, 0.05) is 29.3 Å². The Bertz CT molecular complexity index is 887. The molecule has 1 aromatic heterocycles.